The van der Waals surface area contributed by atoms with Crippen molar-refractivity contribution in [1.82, 2.24) is 20.4 Å². The zero-order chi connectivity index (χ0) is 38.4. The van der Waals surface area contributed by atoms with E-state index in [0.717, 1.165) is 33.4 Å². The van der Waals surface area contributed by atoms with Gasteiger partial charge in [0.05, 0.1) is 25.3 Å². The summed E-state index contributed by atoms with van der Waals surface area (Å²) in [5.74, 6) is 2.63. The van der Waals surface area contributed by atoms with Crippen LogP contribution in [0.3, 0.4) is 0 Å². The number of ether oxygens (including phenoxy) is 7. The molecule has 53 heavy (non-hydrogen) atoms. The Morgan fingerprint density at radius 1 is 1.09 bits per heavy atom. The first-order valence-corrected chi connectivity index (χ1v) is 17.9. The Balaban J connectivity index is 1.50. The van der Waals surface area contributed by atoms with E-state index in [2.05, 4.69) is 46.2 Å². The molecular formula is C39H51N5O9. The Labute approximate surface area is 311 Å². The van der Waals surface area contributed by atoms with Gasteiger partial charge in [-0.1, -0.05) is 18.7 Å². The molecule has 4 aliphatic rings. The Morgan fingerprint density at radius 3 is 2.49 bits per heavy atom. The van der Waals surface area contributed by atoms with Crippen LogP contribution in [0.1, 0.15) is 73.2 Å². The number of amides is 2. The van der Waals surface area contributed by atoms with E-state index in [4.69, 9.17) is 33.2 Å². The minimum Gasteiger partial charge on any atom is -0.493 e. The van der Waals surface area contributed by atoms with Crippen LogP contribution in [0.15, 0.2) is 18.7 Å². The molecule has 3 unspecified atom stereocenters. The normalized spacial score (nSPS) is 23.4. The lowest BCUT2D eigenvalue weighted by molar-refractivity contribution is -0.123. The number of fused-ring (bicyclic) bond motifs is 9. The smallest absolute Gasteiger partial charge is 0.408 e. The highest BCUT2D eigenvalue weighted by atomic mass is 16.7. The molecule has 1 saturated heterocycles. The summed E-state index contributed by atoms with van der Waals surface area (Å²) in [6.45, 7) is 15.1. The number of rotatable bonds is 11. The zero-order valence-electron chi connectivity index (χ0n) is 32.1. The van der Waals surface area contributed by atoms with Crippen molar-refractivity contribution in [2.24, 2.45) is 0 Å². The molecule has 2 amide bonds. The fourth-order valence-electron chi connectivity index (χ4n) is 8.50. The van der Waals surface area contributed by atoms with Gasteiger partial charge in [-0.3, -0.25) is 14.6 Å². The largest absolute Gasteiger partial charge is 0.493 e. The average molecular weight is 734 g/mol. The van der Waals surface area contributed by atoms with Crippen molar-refractivity contribution in [3.8, 4) is 34.8 Å². The van der Waals surface area contributed by atoms with Gasteiger partial charge in [-0.25, -0.2) is 4.79 Å². The highest BCUT2D eigenvalue weighted by molar-refractivity contribution is 5.85. The van der Waals surface area contributed by atoms with Gasteiger partial charge < -0.3 is 43.8 Å². The number of likely N-dealkylation sites (N-methyl/N-ethyl adjacent to an activating group) is 1. The van der Waals surface area contributed by atoms with Gasteiger partial charge >= 0.3 is 6.09 Å². The highest BCUT2D eigenvalue weighted by Crippen LogP contribution is 2.58. The Hall–Kier alpha value is -4.71. The second-order valence-corrected chi connectivity index (χ2v) is 15.0. The lowest BCUT2D eigenvalue weighted by Crippen LogP contribution is -2.69. The van der Waals surface area contributed by atoms with E-state index < -0.39 is 35.7 Å². The summed E-state index contributed by atoms with van der Waals surface area (Å²) < 4.78 is 41.6. The van der Waals surface area contributed by atoms with Crippen molar-refractivity contribution in [2.75, 3.05) is 48.0 Å². The lowest BCUT2D eigenvalue weighted by atomic mass is 9.71. The second kappa shape index (κ2) is 15.0. The molecule has 2 aromatic rings. The average Bonchev–Trinajstić information content (AvgIpc) is 3.59. The van der Waals surface area contributed by atoms with Gasteiger partial charge in [-0.15, -0.1) is 0 Å². The monoisotopic (exact) mass is 733 g/mol. The number of methoxy groups -OCH3 is 2. The number of nitrogens with zero attached hydrogens (tertiary/aromatic N) is 3. The maximum Gasteiger partial charge on any atom is 0.408 e. The van der Waals surface area contributed by atoms with E-state index >= 15 is 0 Å². The topological polar surface area (TPSA) is 153 Å². The number of piperazine rings is 1. The van der Waals surface area contributed by atoms with Crippen LogP contribution in [0.4, 0.5) is 4.79 Å². The molecule has 4 aliphatic heterocycles. The maximum absolute atomic E-state index is 13.7. The van der Waals surface area contributed by atoms with Crippen LogP contribution in [0.2, 0.25) is 0 Å². The third kappa shape index (κ3) is 6.82. The maximum atomic E-state index is 13.7. The fraction of sp³-hybridized carbons (Fsp3) is 0.564. The molecule has 0 saturated carbocycles. The van der Waals surface area contributed by atoms with Crippen molar-refractivity contribution in [3.05, 3.63) is 52.1 Å². The molecule has 2 N–H and O–H groups in total. The molecular weight excluding hydrogens is 682 g/mol. The van der Waals surface area contributed by atoms with Gasteiger partial charge in [0, 0.05) is 48.0 Å². The van der Waals surface area contributed by atoms with Crippen LogP contribution in [0.25, 0.3) is 0 Å². The van der Waals surface area contributed by atoms with Gasteiger partial charge in [-0.2, -0.15) is 5.26 Å². The number of alkyl carbamates (subject to hydrolysis) is 1. The molecule has 2 aromatic carbocycles. The van der Waals surface area contributed by atoms with Crippen LogP contribution in [-0.2, 0) is 27.1 Å². The summed E-state index contributed by atoms with van der Waals surface area (Å²) in [7, 11) is 5.27. The van der Waals surface area contributed by atoms with Crippen molar-refractivity contribution < 1.29 is 42.7 Å². The number of nitrogens with one attached hydrogen (secondary N) is 2. The van der Waals surface area contributed by atoms with Crippen molar-refractivity contribution in [3.63, 3.8) is 0 Å². The quantitative estimate of drug-likeness (QED) is 0.249. The summed E-state index contributed by atoms with van der Waals surface area (Å²) in [4.78, 5) is 30.7. The Morgan fingerprint density at radius 2 is 1.83 bits per heavy atom. The Bertz CT molecular complexity index is 1820. The number of aryl methyl sites for hydroxylation is 1. The van der Waals surface area contributed by atoms with Gasteiger partial charge in [-0.05, 0) is 72.6 Å². The molecule has 0 aliphatic carbocycles. The molecule has 0 spiro atoms. The van der Waals surface area contributed by atoms with E-state index in [1.807, 2.05) is 13.8 Å². The second-order valence-electron chi connectivity index (χ2n) is 15.0. The highest BCUT2D eigenvalue weighted by Gasteiger charge is 2.57. The van der Waals surface area contributed by atoms with Gasteiger partial charge in [0.1, 0.15) is 30.0 Å². The van der Waals surface area contributed by atoms with Gasteiger partial charge in [0.15, 0.2) is 29.8 Å². The van der Waals surface area contributed by atoms with E-state index in [9.17, 15) is 14.9 Å². The van der Waals surface area contributed by atoms with Crippen LogP contribution in [-0.4, -0.2) is 99.6 Å². The number of carbonyl (C=O) groups is 2. The number of nitriles is 1. The first-order chi connectivity index (χ1) is 25.3. The van der Waals surface area contributed by atoms with E-state index in [0.29, 0.717) is 41.6 Å². The molecule has 2 bridgehead atoms. The lowest BCUT2D eigenvalue weighted by Gasteiger charge is -2.60. The first-order valence-electron chi connectivity index (χ1n) is 17.9. The molecule has 14 nitrogen and oxygen atoms in total. The van der Waals surface area contributed by atoms with Crippen LogP contribution in [0.5, 0.6) is 28.7 Å². The third-order valence-corrected chi connectivity index (χ3v) is 10.5. The fourth-order valence-corrected chi connectivity index (χ4v) is 8.50. The predicted octanol–water partition coefficient (Wildman–Crippen LogP) is 4.39. The molecule has 6 atom stereocenters. The van der Waals surface area contributed by atoms with E-state index in [-0.39, 0.29) is 44.9 Å². The summed E-state index contributed by atoms with van der Waals surface area (Å²) >= 11 is 0. The molecule has 0 aromatic heterocycles. The van der Waals surface area contributed by atoms with E-state index in [1.165, 1.54) is 0 Å². The molecule has 0 radical (unpaired) electrons. The summed E-state index contributed by atoms with van der Waals surface area (Å²) in [6, 6.07) is 2.01. The number of hydrogen-bond donors (Lipinski definition) is 2. The molecule has 14 heteroatoms. The standard InChI is InChI=1S/C39H51N5O9/c1-11-12-49-33-21(3)34-36(52-19-51-34)30-24(33)15-26-31-29-23(13-20(2)32(48-10)35(29)50-18-47-9)14-25(43(31)8)27(16-40)44(26)28(30)17-41-37(45)22(4)42-38(46)53-39(5,6)7/h11,13,22,25-28,31H,1,12,14-15,17-19H2,2-10H3,(H,41,45)(H,42,46)/t22?,25-,26?,27?,28+,31-/m1/s1. The van der Waals surface area contributed by atoms with Crippen molar-refractivity contribution in [2.45, 2.75) is 96.2 Å². The van der Waals surface area contributed by atoms with Crippen molar-refractivity contribution in [1.29, 1.82) is 5.26 Å². The molecule has 6 rings (SSSR count). The molecule has 4 heterocycles. The summed E-state index contributed by atoms with van der Waals surface area (Å²) in [5.41, 5.74) is 4.77. The molecule has 286 valence electrons. The minimum atomic E-state index is -0.903. The number of carbonyl (C=O) groups excluding carboxylic acids is 2. The van der Waals surface area contributed by atoms with Gasteiger partial charge in [0.2, 0.25) is 12.7 Å². The first kappa shape index (κ1) is 38.0. The third-order valence-electron chi connectivity index (χ3n) is 10.5. The van der Waals surface area contributed by atoms with Crippen LogP contribution < -0.4 is 34.3 Å². The zero-order valence-corrected chi connectivity index (χ0v) is 32.1. The van der Waals surface area contributed by atoms with Crippen molar-refractivity contribution >= 4 is 12.0 Å². The minimum absolute atomic E-state index is 0.0231. The summed E-state index contributed by atoms with van der Waals surface area (Å²) in [6.07, 6.45) is 2.07. The number of benzene rings is 2. The van der Waals surface area contributed by atoms with E-state index in [1.54, 1.807) is 48.0 Å². The van der Waals surface area contributed by atoms with Crippen LogP contribution >= 0.6 is 0 Å². The SMILES string of the molecule is C=CCOc1c(C)c2c(c3c1CC1[C@@H]4c5c(cc(C)c(OC)c5OCOC)C[C@H](C(C#N)N1[C@H]3CNC(=O)C(C)NC(=O)OC(C)(C)C)N4C)OCO2. The van der Waals surface area contributed by atoms with Crippen LogP contribution in [0, 0.1) is 25.2 Å². The predicted molar refractivity (Wildman–Crippen MR) is 195 cm³/mol. The Kier molecular flexibility index (Phi) is 10.7. The van der Waals surface area contributed by atoms with Gasteiger partial charge in [0.25, 0.3) is 0 Å². The number of hydrogen-bond acceptors (Lipinski definition) is 12. The molecule has 1 fully saturated rings. The summed E-state index contributed by atoms with van der Waals surface area (Å²) in [5, 5.41) is 16.7.